The van der Waals surface area contributed by atoms with Crippen LogP contribution in [0.1, 0.15) is 35.4 Å². The number of carbonyl (C=O) groups excluding carboxylic acids is 1. The fraction of sp³-hybridized carbons (Fsp3) is 0.500. The summed E-state index contributed by atoms with van der Waals surface area (Å²) in [6, 6.07) is 6.08. The number of guanidine groups is 1. The number of rotatable bonds is 8. The van der Waals surface area contributed by atoms with E-state index in [-0.39, 0.29) is 35.6 Å². The first-order valence-electron chi connectivity index (χ1n) is 10.1. The van der Waals surface area contributed by atoms with Gasteiger partial charge in [-0.2, -0.15) is 5.10 Å². The molecule has 170 valence electrons. The minimum atomic E-state index is -0.535. The number of aryl methyl sites for hydroxylation is 1. The van der Waals surface area contributed by atoms with Crippen LogP contribution in [-0.2, 0) is 24.3 Å². The summed E-state index contributed by atoms with van der Waals surface area (Å²) in [6.07, 6.45) is 1.74. The molecule has 0 spiro atoms. The molecule has 1 amide bonds. The van der Waals surface area contributed by atoms with Gasteiger partial charge in [0.15, 0.2) is 11.8 Å². The monoisotopic (exact) mass is 545 g/mol. The van der Waals surface area contributed by atoms with Gasteiger partial charge in [0.25, 0.3) is 5.91 Å². The number of halogens is 2. The summed E-state index contributed by atoms with van der Waals surface area (Å²) in [6.45, 7) is 4.48. The molecule has 1 unspecified atom stereocenters. The Labute approximate surface area is 198 Å². The number of nitrogens with zero attached hydrogens (tertiary/aromatic N) is 4. The lowest BCUT2D eigenvalue weighted by Crippen LogP contribution is -2.47. The molecule has 3 N–H and O–H groups in total. The van der Waals surface area contributed by atoms with E-state index in [0.717, 1.165) is 18.7 Å². The van der Waals surface area contributed by atoms with Crippen molar-refractivity contribution in [3.05, 3.63) is 47.3 Å². The summed E-state index contributed by atoms with van der Waals surface area (Å²) < 4.78 is 20.7. The first kappa shape index (κ1) is 25.0. The minimum absolute atomic E-state index is 0. The van der Waals surface area contributed by atoms with E-state index in [9.17, 15) is 9.18 Å². The second-order valence-electron chi connectivity index (χ2n) is 6.94. The van der Waals surface area contributed by atoms with E-state index in [2.05, 4.69) is 31.0 Å². The van der Waals surface area contributed by atoms with Crippen molar-refractivity contribution in [2.45, 2.75) is 39.0 Å². The number of nitrogens with one attached hydrogen (secondary N) is 3. The van der Waals surface area contributed by atoms with Crippen molar-refractivity contribution in [1.29, 1.82) is 0 Å². The second kappa shape index (κ2) is 12.5. The zero-order valence-electron chi connectivity index (χ0n) is 17.7. The molecule has 1 atom stereocenters. The second-order valence-corrected chi connectivity index (χ2v) is 6.94. The number of benzene rings is 1. The van der Waals surface area contributed by atoms with E-state index < -0.39 is 11.7 Å². The Bertz CT molecular complexity index is 890. The topological polar surface area (TPSA) is 105 Å². The molecule has 2 aromatic rings. The van der Waals surface area contributed by atoms with E-state index in [1.165, 1.54) is 12.1 Å². The first-order chi connectivity index (χ1) is 14.6. The Morgan fingerprint density at radius 1 is 1.35 bits per heavy atom. The quantitative estimate of drug-likeness (QED) is 0.201. The van der Waals surface area contributed by atoms with Crippen molar-refractivity contribution in [2.24, 2.45) is 4.99 Å². The number of methoxy groups -OCH3 is 1. The van der Waals surface area contributed by atoms with Crippen LogP contribution in [0, 0.1) is 5.82 Å². The highest BCUT2D eigenvalue weighted by Gasteiger charge is 2.22. The summed E-state index contributed by atoms with van der Waals surface area (Å²) in [5, 5.41) is 13.8. The lowest BCUT2D eigenvalue weighted by atomic mass is 10.1. The van der Waals surface area contributed by atoms with Crippen LogP contribution in [0.4, 0.5) is 4.39 Å². The largest absolute Gasteiger partial charge is 0.377 e. The highest BCUT2D eigenvalue weighted by atomic mass is 127. The van der Waals surface area contributed by atoms with Crippen molar-refractivity contribution in [2.75, 3.05) is 26.7 Å². The van der Waals surface area contributed by atoms with Gasteiger partial charge in [-0.15, -0.1) is 24.0 Å². The number of hydrogen-bond donors (Lipinski definition) is 3. The maximum atomic E-state index is 13.7. The normalized spacial score (nSPS) is 15.6. The molecule has 0 saturated heterocycles. The molecule has 1 aromatic carbocycles. The molecule has 11 heteroatoms. The summed E-state index contributed by atoms with van der Waals surface area (Å²) in [4.78, 5) is 21.1. The van der Waals surface area contributed by atoms with Gasteiger partial charge >= 0.3 is 0 Å². The lowest BCUT2D eigenvalue weighted by molar-refractivity contribution is 0.0951. The summed E-state index contributed by atoms with van der Waals surface area (Å²) in [5.74, 6) is 1.35. The molecule has 0 aliphatic carbocycles. The maximum absolute atomic E-state index is 13.7. The zero-order valence-corrected chi connectivity index (χ0v) is 20.1. The molecule has 1 aliphatic rings. The number of hydrogen-bond acceptors (Lipinski definition) is 5. The Kier molecular flexibility index (Phi) is 10.1. The lowest BCUT2D eigenvalue weighted by Gasteiger charge is -2.25. The average molecular weight is 545 g/mol. The van der Waals surface area contributed by atoms with Gasteiger partial charge in [-0.25, -0.2) is 14.1 Å². The molecule has 2 heterocycles. The van der Waals surface area contributed by atoms with Crippen molar-refractivity contribution >= 4 is 35.8 Å². The van der Waals surface area contributed by atoms with Crippen LogP contribution in [0.15, 0.2) is 29.3 Å². The van der Waals surface area contributed by atoms with Gasteiger partial charge in [-0.05, 0) is 25.5 Å². The van der Waals surface area contributed by atoms with Crippen molar-refractivity contribution < 1.29 is 13.9 Å². The Balaban J connectivity index is 0.00000341. The third-order valence-corrected chi connectivity index (χ3v) is 4.65. The molecule has 31 heavy (non-hydrogen) atoms. The number of aliphatic imine (C=N–C) groups is 1. The van der Waals surface area contributed by atoms with E-state index >= 15 is 0 Å². The molecule has 0 radical (unpaired) electrons. The van der Waals surface area contributed by atoms with Gasteiger partial charge < -0.3 is 20.7 Å². The number of carbonyl (C=O) groups is 1. The third kappa shape index (κ3) is 7.13. The van der Waals surface area contributed by atoms with Gasteiger partial charge in [-0.1, -0.05) is 12.1 Å². The van der Waals surface area contributed by atoms with E-state index in [1.807, 2.05) is 11.6 Å². The van der Waals surface area contributed by atoms with Crippen molar-refractivity contribution in [3.8, 4) is 0 Å². The number of ether oxygens (including phenoxy) is 1. The van der Waals surface area contributed by atoms with Crippen LogP contribution in [0.2, 0.25) is 0 Å². The Morgan fingerprint density at radius 3 is 2.90 bits per heavy atom. The number of amides is 1. The van der Waals surface area contributed by atoms with E-state index in [4.69, 9.17) is 4.74 Å². The van der Waals surface area contributed by atoms with Crippen LogP contribution < -0.4 is 16.0 Å². The molecule has 9 nitrogen and oxygen atoms in total. The molecule has 3 rings (SSSR count). The predicted molar refractivity (Wildman–Crippen MR) is 126 cm³/mol. The standard InChI is InChI=1S/C20H28FN7O2.HI/c1-3-22-20(24-11-10-23-19(29)15-6-4-5-7-16(15)21)25-14-8-9-18-26-17(13-30-2)27-28(18)12-14;/h4-7,14H,3,8-13H2,1-2H3,(H,23,29)(H2,22,24,25);1H. The zero-order chi connectivity index (χ0) is 21.3. The maximum Gasteiger partial charge on any atom is 0.254 e. The van der Waals surface area contributed by atoms with Crippen LogP contribution in [0.25, 0.3) is 0 Å². The average Bonchev–Trinajstić information content (AvgIpc) is 3.13. The molecule has 0 bridgehead atoms. The number of fused-ring (bicyclic) bond motifs is 1. The van der Waals surface area contributed by atoms with E-state index in [1.54, 1.807) is 19.2 Å². The van der Waals surface area contributed by atoms with Crippen molar-refractivity contribution in [1.82, 2.24) is 30.7 Å². The van der Waals surface area contributed by atoms with Crippen LogP contribution in [-0.4, -0.2) is 59.4 Å². The molecular formula is C20H29FIN7O2. The molecule has 0 saturated carbocycles. The minimum Gasteiger partial charge on any atom is -0.377 e. The Hall–Kier alpha value is -2.28. The van der Waals surface area contributed by atoms with Crippen LogP contribution in [0.5, 0.6) is 0 Å². The van der Waals surface area contributed by atoms with Gasteiger partial charge in [0.05, 0.1) is 18.7 Å². The third-order valence-electron chi connectivity index (χ3n) is 4.65. The van der Waals surface area contributed by atoms with Crippen LogP contribution in [0.3, 0.4) is 0 Å². The smallest absolute Gasteiger partial charge is 0.254 e. The molecule has 1 aliphatic heterocycles. The van der Waals surface area contributed by atoms with Gasteiger partial charge in [0.1, 0.15) is 18.2 Å². The summed E-state index contributed by atoms with van der Waals surface area (Å²) in [7, 11) is 1.63. The SMILES string of the molecule is CCNC(=NCCNC(=O)c1ccccc1F)NC1CCc2nc(COC)nn2C1.I. The molecular weight excluding hydrogens is 516 g/mol. The fourth-order valence-corrected chi connectivity index (χ4v) is 3.26. The van der Waals surface area contributed by atoms with Gasteiger partial charge in [-0.3, -0.25) is 9.79 Å². The van der Waals surface area contributed by atoms with Crippen LogP contribution >= 0.6 is 24.0 Å². The van der Waals surface area contributed by atoms with Crippen molar-refractivity contribution in [3.63, 3.8) is 0 Å². The predicted octanol–water partition coefficient (Wildman–Crippen LogP) is 1.48. The Morgan fingerprint density at radius 2 is 2.16 bits per heavy atom. The highest BCUT2D eigenvalue weighted by Crippen LogP contribution is 2.13. The van der Waals surface area contributed by atoms with Gasteiger partial charge in [0, 0.05) is 32.7 Å². The molecule has 1 aromatic heterocycles. The van der Waals surface area contributed by atoms with E-state index in [0.29, 0.717) is 44.6 Å². The van der Waals surface area contributed by atoms with Gasteiger partial charge in [0.2, 0.25) is 0 Å². The fourth-order valence-electron chi connectivity index (χ4n) is 3.26. The highest BCUT2D eigenvalue weighted by molar-refractivity contribution is 14.0. The molecule has 0 fully saturated rings. The summed E-state index contributed by atoms with van der Waals surface area (Å²) >= 11 is 0. The first-order valence-corrected chi connectivity index (χ1v) is 10.1. The number of aromatic nitrogens is 3. The summed E-state index contributed by atoms with van der Waals surface area (Å²) in [5.41, 5.74) is 0.0326.